The summed E-state index contributed by atoms with van der Waals surface area (Å²) in [5.74, 6) is 0.304. The van der Waals surface area contributed by atoms with E-state index in [0.29, 0.717) is 30.9 Å². The Balaban J connectivity index is 1.76. The summed E-state index contributed by atoms with van der Waals surface area (Å²) in [6.45, 7) is 5.85. The molecule has 1 amide bonds. The number of ether oxygens (including phenoxy) is 1. The average Bonchev–Trinajstić information content (AvgIpc) is 2.85. The predicted molar refractivity (Wildman–Crippen MR) is 82.4 cm³/mol. The summed E-state index contributed by atoms with van der Waals surface area (Å²) in [7, 11) is 0. The van der Waals surface area contributed by atoms with E-state index in [1.165, 1.54) is 0 Å². The van der Waals surface area contributed by atoms with Gasteiger partial charge < -0.3 is 19.6 Å². The van der Waals surface area contributed by atoms with Crippen molar-refractivity contribution in [3.05, 3.63) is 30.2 Å². The van der Waals surface area contributed by atoms with E-state index in [1.54, 1.807) is 0 Å². The quantitative estimate of drug-likeness (QED) is 0.829. The number of oxazole rings is 1. The van der Waals surface area contributed by atoms with Crippen molar-refractivity contribution < 1.29 is 19.1 Å². The van der Waals surface area contributed by atoms with Gasteiger partial charge in [-0.1, -0.05) is 12.1 Å². The SMILES string of the molecule is CC(C)(C)OC(=O)NCCCC(O)c1nc2ccccc2o1. The van der Waals surface area contributed by atoms with E-state index in [-0.39, 0.29) is 0 Å². The smallest absolute Gasteiger partial charge is 0.407 e. The van der Waals surface area contributed by atoms with Crippen LogP contribution >= 0.6 is 0 Å². The highest BCUT2D eigenvalue weighted by molar-refractivity contribution is 5.72. The molecule has 0 saturated carbocycles. The standard InChI is InChI=1S/C16H22N2O4/c1-16(2,3)22-15(20)17-10-6-8-12(19)14-18-11-7-4-5-9-13(11)21-14/h4-5,7,9,12,19H,6,8,10H2,1-3H3,(H,17,20). The fourth-order valence-corrected chi connectivity index (χ4v) is 1.96. The predicted octanol–water partition coefficient (Wildman–Crippen LogP) is 3.17. The van der Waals surface area contributed by atoms with E-state index in [2.05, 4.69) is 10.3 Å². The minimum absolute atomic E-state index is 0.304. The first-order valence-corrected chi connectivity index (χ1v) is 7.35. The third kappa shape index (κ3) is 4.73. The molecule has 22 heavy (non-hydrogen) atoms. The first-order chi connectivity index (χ1) is 10.3. The van der Waals surface area contributed by atoms with E-state index in [1.807, 2.05) is 45.0 Å². The first-order valence-electron chi connectivity index (χ1n) is 7.35. The van der Waals surface area contributed by atoms with E-state index in [4.69, 9.17) is 9.15 Å². The number of carbonyl (C=O) groups excluding carboxylic acids is 1. The monoisotopic (exact) mass is 306 g/mol. The number of hydrogen-bond donors (Lipinski definition) is 2. The second kappa shape index (κ2) is 6.79. The first kappa shape index (κ1) is 16.3. The van der Waals surface area contributed by atoms with Gasteiger partial charge in [-0.3, -0.25) is 0 Å². The summed E-state index contributed by atoms with van der Waals surface area (Å²) in [4.78, 5) is 15.7. The maximum absolute atomic E-state index is 11.5. The maximum atomic E-state index is 11.5. The molecule has 2 aromatic rings. The van der Waals surface area contributed by atoms with Gasteiger partial charge in [0.1, 0.15) is 17.2 Å². The van der Waals surface area contributed by atoms with Crippen LogP contribution in [-0.2, 0) is 4.74 Å². The number of carbonyl (C=O) groups is 1. The Morgan fingerprint density at radius 1 is 1.41 bits per heavy atom. The molecule has 2 rings (SSSR count). The molecular formula is C16H22N2O4. The summed E-state index contributed by atoms with van der Waals surface area (Å²) in [5.41, 5.74) is 0.869. The molecule has 0 saturated heterocycles. The number of fused-ring (bicyclic) bond motifs is 1. The number of aliphatic hydroxyl groups excluding tert-OH is 1. The molecule has 0 fully saturated rings. The number of amides is 1. The topological polar surface area (TPSA) is 84.6 Å². The number of rotatable bonds is 5. The van der Waals surface area contributed by atoms with Crippen LogP contribution in [0.3, 0.4) is 0 Å². The van der Waals surface area contributed by atoms with Crippen molar-refractivity contribution in [3.8, 4) is 0 Å². The third-order valence-electron chi connectivity index (χ3n) is 2.92. The third-order valence-corrected chi connectivity index (χ3v) is 2.92. The number of alkyl carbamates (subject to hydrolysis) is 1. The number of benzene rings is 1. The van der Waals surface area contributed by atoms with Gasteiger partial charge >= 0.3 is 6.09 Å². The van der Waals surface area contributed by atoms with Gasteiger partial charge in [-0.25, -0.2) is 9.78 Å². The van der Waals surface area contributed by atoms with Gasteiger partial charge in [0.2, 0.25) is 5.89 Å². The van der Waals surface area contributed by atoms with Gasteiger partial charge in [0.25, 0.3) is 0 Å². The van der Waals surface area contributed by atoms with Gasteiger partial charge in [0, 0.05) is 6.54 Å². The van der Waals surface area contributed by atoms with E-state index < -0.39 is 17.8 Å². The van der Waals surface area contributed by atoms with Crippen LogP contribution in [0.4, 0.5) is 4.79 Å². The largest absolute Gasteiger partial charge is 0.444 e. The van der Waals surface area contributed by atoms with E-state index >= 15 is 0 Å². The lowest BCUT2D eigenvalue weighted by atomic mass is 10.2. The highest BCUT2D eigenvalue weighted by atomic mass is 16.6. The van der Waals surface area contributed by atoms with Crippen LogP contribution in [0, 0.1) is 0 Å². The molecule has 1 aromatic carbocycles. The Bertz CT molecular complexity index is 597. The van der Waals surface area contributed by atoms with Crippen molar-refractivity contribution in [2.24, 2.45) is 0 Å². The Morgan fingerprint density at radius 2 is 2.14 bits per heavy atom. The Morgan fingerprint density at radius 3 is 2.82 bits per heavy atom. The molecule has 120 valence electrons. The summed E-state index contributed by atoms with van der Waals surface area (Å²) in [6, 6.07) is 7.36. The zero-order valence-electron chi connectivity index (χ0n) is 13.1. The molecule has 0 aliphatic heterocycles. The van der Waals surface area contributed by atoms with Crippen LogP contribution in [0.25, 0.3) is 11.1 Å². The molecule has 0 aliphatic carbocycles. The summed E-state index contributed by atoms with van der Waals surface area (Å²) < 4.78 is 10.6. The summed E-state index contributed by atoms with van der Waals surface area (Å²) in [6.07, 6.45) is -0.196. The van der Waals surface area contributed by atoms with Crippen molar-refractivity contribution in [1.82, 2.24) is 10.3 Å². The molecule has 6 heteroatoms. The number of nitrogens with one attached hydrogen (secondary N) is 1. The molecule has 6 nitrogen and oxygen atoms in total. The van der Waals surface area contributed by atoms with Gasteiger partial charge in [0.15, 0.2) is 5.58 Å². The molecule has 1 heterocycles. The molecular weight excluding hydrogens is 284 g/mol. The second-order valence-corrected chi connectivity index (χ2v) is 6.11. The minimum atomic E-state index is -0.784. The average molecular weight is 306 g/mol. The number of hydrogen-bond acceptors (Lipinski definition) is 5. The highest BCUT2D eigenvalue weighted by Gasteiger charge is 2.17. The summed E-state index contributed by atoms with van der Waals surface area (Å²) in [5, 5.41) is 12.7. The normalized spacial score (nSPS) is 13.1. The molecule has 1 unspecified atom stereocenters. The van der Waals surface area contributed by atoms with Crippen LogP contribution in [0.5, 0.6) is 0 Å². The van der Waals surface area contributed by atoms with Crippen LogP contribution in [0.15, 0.2) is 28.7 Å². The van der Waals surface area contributed by atoms with Gasteiger partial charge in [-0.15, -0.1) is 0 Å². The van der Waals surface area contributed by atoms with Crippen molar-refractivity contribution >= 4 is 17.2 Å². The summed E-state index contributed by atoms with van der Waals surface area (Å²) >= 11 is 0. The zero-order chi connectivity index (χ0) is 16.2. The lowest BCUT2D eigenvalue weighted by molar-refractivity contribution is 0.0522. The Kier molecular flexibility index (Phi) is 5.03. The molecule has 1 aromatic heterocycles. The Labute approximate surface area is 129 Å². The Hall–Kier alpha value is -2.08. The fraction of sp³-hybridized carbons (Fsp3) is 0.500. The van der Waals surface area contributed by atoms with Crippen LogP contribution in [0.1, 0.15) is 45.6 Å². The second-order valence-electron chi connectivity index (χ2n) is 6.11. The molecule has 0 bridgehead atoms. The highest BCUT2D eigenvalue weighted by Crippen LogP contribution is 2.22. The van der Waals surface area contributed by atoms with Gasteiger partial charge in [-0.2, -0.15) is 0 Å². The van der Waals surface area contributed by atoms with Crippen LogP contribution in [-0.4, -0.2) is 28.3 Å². The van der Waals surface area contributed by atoms with Gasteiger partial charge in [-0.05, 0) is 45.7 Å². The zero-order valence-corrected chi connectivity index (χ0v) is 13.1. The molecule has 2 N–H and O–H groups in total. The fourth-order valence-electron chi connectivity index (χ4n) is 1.96. The number of aromatic nitrogens is 1. The molecule has 0 spiro atoms. The number of para-hydroxylation sites is 2. The number of aliphatic hydroxyl groups is 1. The molecule has 1 atom stereocenters. The van der Waals surface area contributed by atoms with Crippen molar-refractivity contribution in [2.45, 2.75) is 45.3 Å². The number of nitrogens with zero attached hydrogens (tertiary/aromatic N) is 1. The van der Waals surface area contributed by atoms with Crippen molar-refractivity contribution in [1.29, 1.82) is 0 Å². The lowest BCUT2D eigenvalue weighted by Crippen LogP contribution is -2.33. The molecule has 0 radical (unpaired) electrons. The lowest BCUT2D eigenvalue weighted by Gasteiger charge is -2.19. The van der Waals surface area contributed by atoms with E-state index in [0.717, 1.165) is 5.52 Å². The van der Waals surface area contributed by atoms with Crippen molar-refractivity contribution in [2.75, 3.05) is 6.54 Å². The maximum Gasteiger partial charge on any atom is 0.407 e. The van der Waals surface area contributed by atoms with E-state index in [9.17, 15) is 9.90 Å². The van der Waals surface area contributed by atoms with Crippen LogP contribution < -0.4 is 5.32 Å². The van der Waals surface area contributed by atoms with Gasteiger partial charge in [0.05, 0.1) is 0 Å². The molecule has 0 aliphatic rings. The van der Waals surface area contributed by atoms with Crippen molar-refractivity contribution in [3.63, 3.8) is 0 Å². The minimum Gasteiger partial charge on any atom is -0.444 e. The van der Waals surface area contributed by atoms with Crippen LogP contribution in [0.2, 0.25) is 0 Å².